The van der Waals surface area contributed by atoms with E-state index in [4.69, 9.17) is 27.9 Å². The molecule has 1 saturated heterocycles. The predicted molar refractivity (Wildman–Crippen MR) is 98.9 cm³/mol. The quantitative estimate of drug-likeness (QED) is 0.861. The molecule has 1 aromatic heterocycles. The van der Waals surface area contributed by atoms with E-state index < -0.39 is 6.04 Å². The van der Waals surface area contributed by atoms with E-state index in [1.807, 2.05) is 0 Å². The van der Waals surface area contributed by atoms with Crippen LogP contribution in [-0.4, -0.2) is 46.2 Å². The standard InChI is InChI=1S/C17H18Cl2N4O3/c1-22-15(26-2)9-14(21-22)20-16(24)13-4-3-5-23(13)17(25)10-6-11(18)8-12(19)7-10/h6-9,13H,3-5H2,1-2H3,(H,20,21,24)/t13-/m0/s1. The van der Waals surface area contributed by atoms with Crippen LogP contribution in [-0.2, 0) is 11.8 Å². The van der Waals surface area contributed by atoms with Crippen molar-refractivity contribution in [1.29, 1.82) is 0 Å². The first-order chi connectivity index (χ1) is 12.4. The van der Waals surface area contributed by atoms with Crippen molar-refractivity contribution in [3.8, 4) is 5.88 Å². The van der Waals surface area contributed by atoms with E-state index in [-0.39, 0.29) is 11.8 Å². The SMILES string of the molecule is COc1cc(NC(=O)[C@@H]2CCCN2C(=O)c2cc(Cl)cc(Cl)c2)nn1C. The number of nitrogens with zero attached hydrogens (tertiary/aromatic N) is 3. The Kier molecular flexibility index (Phi) is 5.38. The lowest BCUT2D eigenvalue weighted by Crippen LogP contribution is -2.43. The first kappa shape index (κ1) is 18.5. The molecule has 0 saturated carbocycles. The number of nitrogens with one attached hydrogen (secondary N) is 1. The van der Waals surface area contributed by atoms with Gasteiger partial charge < -0.3 is 15.0 Å². The zero-order valence-corrected chi connectivity index (χ0v) is 15.8. The van der Waals surface area contributed by atoms with Crippen molar-refractivity contribution >= 4 is 40.8 Å². The van der Waals surface area contributed by atoms with E-state index in [1.54, 1.807) is 31.3 Å². The molecule has 3 rings (SSSR count). The van der Waals surface area contributed by atoms with Crippen LogP contribution in [0.15, 0.2) is 24.3 Å². The van der Waals surface area contributed by atoms with Crippen LogP contribution in [0, 0.1) is 0 Å². The number of hydrogen-bond donors (Lipinski definition) is 1. The number of carbonyl (C=O) groups excluding carboxylic acids is 2. The Labute approximate surface area is 160 Å². The van der Waals surface area contributed by atoms with Gasteiger partial charge in [-0.3, -0.25) is 9.59 Å². The molecule has 1 fully saturated rings. The summed E-state index contributed by atoms with van der Waals surface area (Å²) < 4.78 is 6.65. The lowest BCUT2D eigenvalue weighted by molar-refractivity contribution is -0.119. The van der Waals surface area contributed by atoms with Crippen molar-refractivity contribution < 1.29 is 14.3 Å². The molecule has 1 atom stereocenters. The Hall–Kier alpha value is -2.25. The molecule has 0 bridgehead atoms. The Balaban J connectivity index is 1.76. The number of anilines is 1. The lowest BCUT2D eigenvalue weighted by Gasteiger charge is -2.23. The normalized spacial score (nSPS) is 16.6. The van der Waals surface area contributed by atoms with E-state index in [9.17, 15) is 9.59 Å². The van der Waals surface area contributed by atoms with Crippen molar-refractivity contribution in [1.82, 2.24) is 14.7 Å². The Morgan fingerprint density at radius 3 is 2.54 bits per heavy atom. The molecule has 9 heteroatoms. The van der Waals surface area contributed by atoms with E-state index in [0.717, 1.165) is 6.42 Å². The number of benzene rings is 1. The van der Waals surface area contributed by atoms with Gasteiger partial charge in [0.1, 0.15) is 6.04 Å². The third-order valence-electron chi connectivity index (χ3n) is 4.22. The van der Waals surface area contributed by atoms with Crippen molar-refractivity contribution in [3.05, 3.63) is 39.9 Å². The molecule has 7 nitrogen and oxygen atoms in total. The van der Waals surface area contributed by atoms with Gasteiger partial charge >= 0.3 is 0 Å². The highest BCUT2D eigenvalue weighted by Gasteiger charge is 2.35. The van der Waals surface area contributed by atoms with Crippen LogP contribution in [0.25, 0.3) is 0 Å². The number of rotatable bonds is 4. The van der Waals surface area contributed by atoms with Gasteiger partial charge in [-0.25, -0.2) is 4.68 Å². The summed E-state index contributed by atoms with van der Waals surface area (Å²) in [5.41, 5.74) is 0.363. The summed E-state index contributed by atoms with van der Waals surface area (Å²) in [6, 6.07) is 5.70. The first-order valence-electron chi connectivity index (χ1n) is 8.05. The highest BCUT2D eigenvalue weighted by Crippen LogP contribution is 2.25. The predicted octanol–water partition coefficient (Wildman–Crippen LogP) is 2.98. The van der Waals surface area contributed by atoms with E-state index in [2.05, 4.69) is 10.4 Å². The average Bonchev–Trinajstić information content (AvgIpc) is 3.19. The smallest absolute Gasteiger partial charge is 0.254 e. The van der Waals surface area contributed by atoms with Crippen molar-refractivity contribution in [2.24, 2.45) is 7.05 Å². The van der Waals surface area contributed by atoms with Gasteiger partial charge in [-0.05, 0) is 31.0 Å². The molecule has 0 unspecified atom stereocenters. The van der Waals surface area contributed by atoms with Crippen LogP contribution in [0.5, 0.6) is 5.88 Å². The number of aromatic nitrogens is 2. The zero-order valence-electron chi connectivity index (χ0n) is 14.3. The minimum Gasteiger partial charge on any atom is -0.481 e. The summed E-state index contributed by atoms with van der Waals surface area (Å²) in [5.74, 6) is 0.336. The van der Waals surface area contributed by atoms with Crippen LogP contribution in [0.3, 0.4) is 0 Å². The maximum Gasteiger partial charge on any atom is 0.254 e. The number of likely N-dealkylation sites (tertiary alicyclic amines) is 1. The topological polar surface area (TPSA) is 76.5 Å². The second kappa shape index (κ2) is 7.55. The van der Waals surface area contributed by atoms with Crippen molar-refractivity contribution in [2.75, 3.05) is 19.0 Å². The molecule has 138 valence electrons. The number of amides is 2. The number of aryl methyl sites for hydroxylation is 1. The van der Waals surface area contributed by atoms with Crippen LogP contribution in [0.1, 0.15) is 23.2 Å². The Bertz CT molecular complexity index is 832. The third kappa shape index (κ3) is 3.78. The molecule has 2 amide bonds. The van der Waals surface area contributed by atoms with E-state index in [0.29, 0.717) is 40.3 Å². The lowest BCUT2D eigenvalue weighted by atomic mass is 10.1. The Morgan fingerprint density at radius 1 is 1.23 bits per heavy atom. The first-order valence-corrected chi connectivity index (χ1v) is 8.80. The third-order valence-corrected chi connectivity index (χ3v) is 4.66. The largest absolute Gasteiger partial charge is 0.481 e. The summed E-state index contributed by atoms with van der Waals surface area (Å²) in [5, 5.41) is 7.66. The van der Waals surface area contributed by atoms with Gasteiger partial charge in [-0.1, -0.05) is 23.2 Å². The van der Waals surface area contributed by atoms with E-state index >= 15 is 0 Å². The number of carbonyl (C=O) groups is 2. The summed E-state index contributed by atoms with van der Waals surface area (Å²) >= 11 is 12.0. The zero-order chi connectivity index (χ0) is 18.8. The molecule has 2 aromatic rings. The number of hydrogen-bond acceptors (Lipinski definition) is 4. The summed E-state index contributed by atoms with van der Waals surface area (Å²) in [6.45, 7) is 0.493. The van der Waals surface area contributed by atoms with Gasteiger partial charge in [0.05, 0.1) is 7.11 Å². The summed E-state index contributed by atoms with van der Waals surface area (Å²) in [6.07, 6.45) is 1.32. The molecule has 26 heavy (non-hydrogen) atoms. The van der Waals surface area contributed by atoms with Crippen molar-refractivity contribution in [2.45, 2.75) is 18.9 Å². The van der Waals surface area contributed by atoms with Crippen LogP contribution in [0.4, 0.5) is 5.82 Å². The van der Waals surface area contributed by atoms with Crippen LogP contribution < -0.4 is 10.1 Å². The summed E-state index contributed by atoms with van der Waals surface area (Å²) in [4.78, 5) is 27.0. The van der Waals surface area contributed by atoms with Crippen molar-refractivity contribution in [3.63, 3.8) is 0 Å². The van der Waals surface area contributed by atoms with Gasteiger partial charge in [0.25, 0.3) is 5.91 Å². The molecule has 1 N–H and O–H groups in total. The maximum absolute atomic E-state index is 12.8. The monoisotopic (exact) mass is 396 g/mol. The molecule has 2 heterocycles. The average molecular weight is 397 g/mol. The second-order valence-electron chi connectivity index (χ2n) is 6.00. The van der Waals surface area contributed by atoms with Crippen LogP contribution >= 0.6 is 23.2 Å². The fourth-order valence-corrected chi connectivity index (χ4v) is 3.56. The molecular weight excluding hydrogens is 379 g/mol. The highest BCUT2D eigenvalue weighted by atomic mass is 35.5. The highest BCUT2D eigenvalue weighted by molar-refractivity contribution is 6.35. The molecule has 0 radical (unpaired) electrons. The molecule has 0 aliphatic carbocycles. The van der Waals surface area contributed by atoms with Gasteiger partial charge in [0.2, 0.25) is 11.8 Å². The van der Waals surface area contributed by atoms with Gasteiger partial charge in [0.15, 0.2) is 5.82 Å². The number of methoxy groups -OCH3 is 1. The molecule has 1 aromatic carbocycles. The fraction of sp³-hybridized carbons (Fsp3) is 0.353. The minimum absolute atomic E-state index is 0.273. The summed E-state index contributed by atoms with van der Waals surface area (Å²) in [7, 11) is 3.24. The van der Waals surface area contributed by atoms with E-state index in [1.165, 1.54) is 16.7 Å². The molecule has 0 spiro atoms. The van der Waals surface area contributed by atoms with Crippen LogP contribution in [0.2, 0.25) is 10.0 Å². The maximum atomic E-state index is 12.8. The molecular formula is C17H18Cl2N4O3. The number of ether oxygens (including phenoxy) is 1. The number of halogens is 2. The minimum atomic E-state index is -0.576. The van der Waals surface area contributed by atoms with Gasteiger partial charge in [-0.2, -0.15) is 5.10 Å². The van der Waals surface area contributed by atoms with Gasteiger partial charge in [0, 0.05) is 35.3 Å². The fourth-order valence-electron chi connectivity index (χ4n) is 3.04. The second-order valence-corrected chi connectivity index (χ2v) is 6.87. The Morgan fingerprint density at radius 2 is 1.92 bits per heavy atom. The van der Waals surface area contributed by atoms with Gasteiger partial charge in [-0.15, -0.1) is 0 Å². The molecule has 1 aliphatic heterocycles. The molecule has 1 aliphatic rings.